The number of carbonyl (C=O) groups is 1. The van der Waals surface area contributed by atoms with Gasteiger partial charge in [-0.25, -0.2) is 13.4 Å². The zero-order valence-corrected chi connectivity index (χ0v) is 18.7. The second kappa shape index (κ2) is 9.53. The van der Waals surface area contributed by atoms with Crippen LogP contribution in [0.4, 0.5) is 0 Å². The summed E-state index contributed by atoms with van der Waals surface area (Å²) in [7, 11) is -3.81. The first-order chi connectivity index (χ1) is 15.5. The van der Waals surface area contributed by atoms with Crippen LogP contribution in [-0.4, -0.2) is 54.7 Å². The molecule has 1 aliphatic heterocycles. The second-order valence-electron chi connectivity index (χ2n) is 7.08. The first kappa shape index (κ1) is 22.0. The molecule has 1 aromatic heterocycles. The van der Waals surface area contributed by atoms with Gasteiger partial charge in [0.2, 0.25) is 10.0 Å². The van der Waals surface area contributed by atoms with Gasteiger partial charge in [0.25, 0.3) is 5.91 Å². The molecule has 162 valence electrons. The van der Waals surface area contributed by atoms with Gasteiger partial charge in [-0.1, -0.05) is 42.1 Å². The first-order valence-corrected chi connectivity index (χ1v) is 12.2. The summed E-state index contributed by atoms with van der Waals surface area (Å²) in [5, 5.41) is 9.87. The van der Waals surface area contributed by atoms with Crippen molar-refractivity contribution in [1.82, 2.24) is 14.2 Å². The lowest BCUT2D eigenvalue weighted by atomic mass is 10.2. The van der Waals surface area contributed by atoms with Gasteiger partial charge in [-0.05, 0) is 36.4 Å². The molecule has 0 unspecified atom stereocenters. The molecule has 1 aliphatic rings. The number of carbonyl (C=O) groups excluding carboxylic acids is 1. The van der Waals surface area contributed by atoms with Gasteiger partial charge in [0.05, 0.1) is 16.0 Å². The van der Waals surface area contributed by atoms with E-state index in [9.17, 15) is 18.5 Å². The van der Waals surface area contributed by atoms with Crippen LogP contribution in [0.2, 0.25) is 0 Å². The summed E-state index contributed by atoms with van der Waals surface area (Å²) in [6, 6.07) is 21.3. The van der Waals surface area contributed by atoms with Crippen LogP contribution in [0.15, 0.2) is 87.7 Å². The third-order valence-electron chi connectivity index (χ3n) is 5.11. The fourth-order valence-electron chi connectivity index (χ4n) is 3.46. The van der Waals surface area contributed by atoms with Gasteiger partial charge < -0.3 is 4.90 Å². The predicted octanol–water partition coefficient (Wildman–Crippen LogP) is 3.25. The Balaban J connectivity index is 1.49. The number of piperazine rings is 1. The maximum atomic E-state index is 13.2. The minimum Gasteiger partial charge on any atom is -0.336 e. The van der Waals surface area contributed by atoms with Gasteiger partial charge in [-0.2, -0.15) is 9.57 Å². The number of hydrogen-bond donors (Lipinski definition) is 0. The number of amides is 1. The highest BCUT2D eigenvalue weighted by molar-refractivity contribution is 7.99. The molecule has 0 aliphatic carbocycles. The Labute approximate surface area is 191 Å². The molecular formula is C23H20N4O3S2. The van der Waals surface area contributed by atoms with E-state index in [4.69, 9.17) is 0 Å². The van der Waals surface area contributed by atoms with Crippen molar-refractivity contribution in [3.8, 4) is 6.07 Å². The molecule has 0 N–H and O–H groups in total. The molecule has 1 fully saturated rings. The van der Waals surface area contributed by atoms with Gasteiger partial charge >= 0.3 is 0 Å². The van der Waals surface area contributed by atoms with Gasteiger partial charge in [-0.15, -0.1) is 0 Å². The van der Waals surface area contributed by atoms with Crippen LogP contribution >= 0.6 is 11.8 Å². The standard InChI is InChI=1S/C23H20N4O3S2/c24-17-18-7-4-5-11-21(18)32(29,30)27-15-13-26(14-16-27)23(28)20-10-6-12-25-22(20)31-19-8-2-1-3-9-19/h1-12H,13-16H2. The van der Waals surface area contributed by atoms with Crippen molar-refractivity contribution in [2.24, 2.45) is 0 Å². The maximum Gasteiger partial charge on any atom is 0.256 e. The Morgan fingerprint density at radius 2 is 1.62 bits per heavy atom. The quantitative estimate of drug-likeness (QED) is 0.575. The molecule has 0 radical (unpaired) electrons. The van der Waals surface area contributed by atoms with E-state index < -0.39 is 10.0 Å². The summed E-state index contributed by atoms with van der Waals surface area (Å²) in [6.45, 7) is 0.846. The van der Waals surface area contributed by atoms with Crippen molar-refractivity contribution in [3.63, 3.8) is 0 Å². The molecule has 4 rings (SSSR count). The molecule has 7 nitrogen and oxygen atoms in total. The lowest BCUT2D eigenvalue weighted by Gasteiger charge is -2.34. The monoisotopic (exact) mass is 464 g/mol. The van der Waals surface area contributed by atoms with Crippen molar-refractivity contribution in [1.29, 1.82) is 5.26 Å². The number of sulfonamides is 1. The molecule has 9 heteroatoms. The Kier molecular flexibility index (Phi) is 6.55. The van der Waals surface area contributed by atoms with Gasteiger partial charge in [0.15, 0.2) is 0 Å². The van der Waals surface area contributed by atoms with Crippen LogP contribution in [0.3, 0.4) is 0 Å². The Bertz CT molecular complexity index is 1270. The van der Waals surface area contributed by atoms with Crippen LogP contribution < -0.4 is 0 Å². The van der Waals surface area contributed by atoms with E-state index in [0.29, 0.717) is 10.6 Å². The maximum absolute atomic E-state index is 13.2. The van der Waals surface area contributed by atoms with Crippen molar-refractivity contribution >= 4 is 27.7 Å². The van der Waals surface area contributed by atoms with Crippen molar-refractivity contribution in [2.75, 3.05) is 26.2 Å². The van der Waals surface area contributed by atoms with Crippen molar-refractivity contribution in [3.05, 3.63) is 84.1 Å². The van der Waals surface area contributed by atoms with Crippen molar-refractivity contribution in [2.45, 2.75) is 14.8 Å². The zero-order valence-electron chi connectivity index (χ0n) is 17.1. The minimum absolute atomic E-state index is 0.00363. The van der Waals surface area contributed by atoms with E-state index in [0.717, 1.165) is 4.90 Å². The molecule has 2 heterocycles. The summed E-state index contributed by atoms with van der Waals surface area (Å²) in [4.78, 5) is 20.2. The third-order valence-corrected chi connectivity index (χ3v) is 8.09. The van der Waals surface area contributed by atoms with E-state index in [1.54, 1.807) is 35.4 Å². The van der Waals surface area contributed by atoms with Crippen LogP contribution in [0.5, 0.6) is 0 Å². The molecule has 0 bridgehead atoms. The highest BCUT2D eigenvalue weighted by Gasteiger charge is 2.32. The third kappa shape index (κ3) is 4.53. The van der Waals surface area contributed by atoms with E-state index in [2.05, 4.69) is 4.98 Å². The van der Waals surface area contributed by atoms with E-state index in [1.165, 1.54) is 28.2 Å². The van der Waals surface area contributed by atoms with E-state index in [1.807, 2.05) is 36.4 Å². The molecule has 3 aromatic rings. The van der Waals surface area contributed by atoms with Crippen molar-refractivity contribution < 1.29 is 13.2 Å². The number of aromatic nitrogens is 1. The average Bonchev–Trinajstić information content (AvgIpc) is 2.84. The second-order valence-corrected chi connectivity index (χ2v) is 10.0. The fourth-order valence-corrected chi connectivity index (χ4v) is 5.92. The molecule has 2 aromatic carbocycles. The fraction of sp³-hybridized carbons (Fsp3) is 0.174. The van der Waals surface area contributed by atoms with Gasteiger partial charge in [-0.3, -0.25) is 4.79 Å². The summed E-state index contributed by atoms with van der Waals surface area (Å²) >= 11 is 1.42. The molecule has 0 spiro atoms. The zero-order chi connectivity index (χ0) is 22.6. The number of benzene rings is 2. The van der Waals surface area contributed by atoms with Crippen LogP contribution in [-0.2, 0) is 10.0 Å². The molecule has 1 amide bonds. The number of hydrogen-bond acceptors (Lipinski definition) is 6. The van der Waals surface area contributed by atoms with Gasteiger partial charge in [0, 0.05) is 37.3 Å². The van der Waals surface area contributed by atoms with Gasteiger partial charge in [0.1, 0.15) is 11.1 Å². The summed E-state index contributed by atoms with van der Waals surface area (Å²) in [5.74, 6) is -0.175. The highest BCUT2D eigenvalue weighted by atomic mass is 32.2. The molecule has 32 heavy (non-hydrogen) atoms. The number of nitriles is 1. The SMILES string of the molecule is N#Cc1ccccc1S(=O)(=O)N1CCN(C(=O)c2cccnc2Sc2ccccc2)CC1. The molecule has 1 saturated heterocycles. The Morgan fingerprint density at radius 3 is 2.34 bits per heavy atom. The van der Waals surface area contributed by atoms with Crippen LogP contribution in [0, 0.1) is 11.3 Å². The van der Waals surface area contributed by atoms with Crippen LogP contribution in [0.25, 0.3) is 0 Å². The smallest absolute Gasteiger partial charge is 0.256 e. The highest BCUT2D eigenvalue weighted by Crippen LogP contribution is 2.29. The molecule has 0 atom stereocenters. The minimum atomic E-state index is -3.81. The Morgan fingerprint density at radius 1 is 0.938 bits per heavy atom. The van der Waals surface area contributed by atoms with E-state index in [-0.39, 0.29) is 42.5 Å². The lowest BCUT2D eigenvalue weighted by Crippen LogP contribution is -2.50. The molecule has 0 saturated carbocycles. The topological polar surface area (TPSA) is 94.4 Å². The van der Waals surface area contributed by atoms with E-state index >= 15 is 0 Å². The average molecular weight is 465 g/mol. The molecular weight excluding hydrogens is 444 g/mol. The normalized spacial score (nSPS) is 14.7. The largest absolute Gasteiger partial charge is 0.336 e. The summed E-state index contributed by atoms with van der Waals surface area (Å²) in [5.41, 5.74) is 0.608. The number of rotatable bonds is 5. The Hall–Kier alpha value is -3.19. The number of pyridine rings is 1. The predicted molar refractivity (Wildman–Crippen MR) is 121 cm³/mol. The first-order valence-electron chi connectivity index (χ1n) is 9.97. The summed E-state index contributed by atoms with van der Waals surface area (Å²) in [6.07, 6.45) is 1.65. The lowest BCUT2D eigenvalue weighted by molar-refractivity contribution is 0.0693. The number of nitrogens with zero attached hydrogens (tertiary/aromatic N) is 4. The summed E-state index contributed by atoms with van der Waals surface area (Å²) < 4.78 is 27.4. The van der Waals surface area contributed by atoms with Crippen LogP contribution in [0.1, 0.15) is 15.9 Å².